The first-order valence-corrected chi connectivity index (χ1v) is 8.38. The second-order valence-corrected chi connectivity index (χ2v) is 9.73. The Morgan fingerprint density at radius 2 is 1.93 bits per heavy atom. The van der Waals surface area contributed by atoms with Crippen LogP contribution in [-0.2, 0) is 9.22 Å². The molecule has 0 aromatic rings. The fourth-order valence-corrected chi connectivity index (χ4v) is 2.38. The lowest BCUT2D eigenvalue weighted by Gasteiger charge is -2.34. The summed E-state index contributed by atoms with van der Waals surface area (Å²) < 4.78 is 5.83. The predicted octanol–water partition coefficient (Wildman–Crippen LogP) is 3.01. The van der Waals surface area contributed by atoms with Crippen molar-refractivity contribution in [2.45, 2.75) is 46.0 Å². The SMILES string of the molecule is C=CCC(C)(C)C(C=O)O[Si](C)(C)C. The highest BCUT2D eigenvalue weighted by Crippen LogP contribution is 2.28. The Morgan fingerprint density at radius 1 is 1.43 bits per heavy atom. The minimum atomic E-state index is -1.65. The van der Waals surface area contributed by atoms with Crippen molar-refractivity contribution < 1.29 is 9.22 Å². The van der Waals surface area contributed by atoms with Gasteiger partial charge in [0.1, 0.15) is 12.4 Å². The summed E-state index contributed by atoms with van der Waals surface area (Å²) in [6, 6.07) is 0. The molecular formula is C11H22O2Si. The summed E-state index contributed by atoms with van der Waals surface area (Å²) in [6.07, 6.45) is 3.24. The van der Waals surface area contributed by atoms with E-state index in [0.29, 0.717) is 0 Å². The van der Waals surface area contributed by atoms with Crippen molar-refractivity contribution in [2.75, 3.05) is 0 Å². The number of carbonyl (C=O) groups excluding carboxylic acids is 1. The van der Waals surface area contributed by atoms with Gasteiger partial charge in [-0.25, -0.2) is 0 Å². The summed E-state index contributed by atoms with van der Waals surface area (Å²) in [7, 11) is -1.65. The molecule has 0 rings (SSSR count). The fraction of sp³-hybridized carbons (Fsp3) is 0.727. The van der Waals surface area contributed by atoms with Crippen LogP contribution in [0.2, 0.25) is 19.6 Å². The van der Waals surface area contributed by atoms with Crippen LogP contribution in [-0.4, -0.2) is 20.7 Å². The van der Waals surface area contributed by atoms with E-state index in [0.717, 1.165) is 12.7 Å². The maximum atomic E-state index is 11.0. The van der Waals surface area contributed by atoms with Crippen LogP contribution in [0.4, 0.5) is 0 Å². The Labute approximate surface area is 88.5 Å². The third-order valence-electron chi connectivity index (χ3n) is 2.04. The lowest BCUT2D eigenvalue weighted by atomic mass is 9.84. The van der Waals surface area contributed by atoms with Crippen LogP contribution in [0.1, 0.15) is 20.3 Å². The Morgan fingerprint density at radius 3 is 2.21 bits per heavy atom. The van der Waals surface area contributed by atoms with E-state index in [2.05, 4.69) is 26.2 Å². The molecule has 0 aromatic carbocycles. The van der Waals surface area contributed by atoms with E-state index < -0.39 is 8.32 Å². The molecule has 0 amide bonds. The van der Waals surface area contributed by atoms with E-state index >= 15 is 0 Å². The highest BCUT2D eigenvalue weighted by Gasteiger charge is 2.32. The molecule has 0 aliphatic rings. The second kappa shape index (κ2) is 4.89. The third kappa shape index (κ3) is 4.72. The van der Waals surface area contributed by atoms with Gasteiger partial charge in [-0.1, -0.05) is 19.9 Å². The summed E-state index contributed by atoms with van der Waals surface area (Å²) in [5.74, 6) is 0. The molecule has 0 fully saturated rings. The molecule has 0 heterocycles. The van der Waals surface area contributed by atoms with Gasteiger partial charge in [0.05, 0.1) is 0 Å². The molecule has 0 N–H and O–H groups in total. The van der Waals surface area contributed by atoms with Gasteiger partial charge in [0.2, 0.25) is 0 Å². The van der Waals surface area contributed by atoms with Gasteiger partial charge in [-0.2, -0.15) is 0 Å². The number of rotatable bonds is 6. The van der Waals surface area contributed by atoms with Crippen LogP contribution < -0.4 is 0 Å². The van der Waals surface area contributed by atoms with Gasteiger partial charge < -0.3 is 9.22 Å². The number of aldehydes is 1. The van der Waals surface area contributed by atoms with Crippen molar-refractivity contribution in [3.8, 4) is 0 Å². The highest BCUT2D eigenvalue weighted by atomic mass is 28.4. The standard InChI is InChI=1S/C11H22O2Si/c1-7-8-11(2,3)10(9-12)13-14(4,5)6/h7,9-10H,1,8H2,2-6H3. The Kier molecular flexibility index (Phi) is 4.75. The van der Waals surface area contributed by atoms with Crippen LogP contribution in [0.15, 0.2) is 12.7 Å². The van der Waals surface area contributed by atoms with Gasteiger partial charge in [-0.05, 0) is 26.1 Å². The first-order valence-electron chi connectivity index (χ1n) is 4.97. The largest absolute Gasteiger partial charge is 0.407 e. The number of hydrogen-bond donors (Lipinski definition) is 0. The predicted molar refractivity (Wildman–Crippen MR) is 62.9 cm³/mol. The minimum absolute atomic E-state index is 0.149. The van der Waals surface area contributed by atoms with Crippen LogP contribution >= 0.6 is 0 Å². The van der Waals surface area contributed by atoms with Crippen molar-refractivity contribution in [3.63, 3.8) is 0 Å². The quantitative estimate of drug-likeness (QED) is 0.386. The lowest BCUT2D eigenvalue weighted by molar-refractivity contribution is -0.118. The first kappa shape index (κ1) is 13.6. The summed E-state index contributed by atoms with van der Waals surface area (Å²) in [4.78, 5) is 11.0. The van der Waals surface area contributed by atoms with Crippen LogP contribution in [0, 0.1) is 5.41 Å². The fourth-order valence-electron chi connectivity index (χ4n) is 1.24. The van der Waals surface area contributed by atoms with Gasteiger partial charge in [-0.3, -0.25) is 0 Å². The highest BCUT2D eigenvalue weighted by molar-refractivity contribution is 6.69. The van der Waals surface area contributed by atoms with Crippen molar-refractivity contribution in [2.24, 2.45) is 5.41 Å². The molecule has 0 saturated carbocycles. The molecule has 0 saturated heterocycles. The Balaban J connectivity index is 4.54. The van der Waals surface area contributed by atoms with E-state index in [9.17, 15) is 4.79 Å². The molecule has 1 unspecified atom stereocenters. The molecule has 2 nitrogen and oxygen atoms in total. The maximum Gasteiger partial charge on any atom is 0.184 e. The van der Waals surface area contributed by atoms with E-state index in [1.54, 1.807) is 0 Å². The molecule has 14 heavy (non-hydrogen) atoms. The van der Waals surface area contributed by atoms with Crippen molar-refractivity contribution in [3.05, 3.63) is 12.7 Å². The molecule has 0 bridgehead atoms. The van der Waals surface area contributed by atoms with Gasteiger partial charge in [-0.15, -0.1) is 6.58 Å². The number of carbonyl (C=O) groups is 1. The zero-order valence-corrected chi connectivity index (χ0v) is 11.0. The Bertz CT molecular complexity index is 204. The van der Waals surface area contributed by atoms with Crippen molar-refractivity contribution >= 4 is 14.6 Å². The maximum absolute atomic E-state index is 11.0. The molecule has 3 heteroatoms. The normalized spacial score (nSPS) is 14.9. The second-order valence-electron chi connectivity index (χ2n) is 5.27. The summed E-state index contributed by atoms with van der Waals surface area (Å²) in [5.41, 5.74) is -0.149. The Hall–Kier alpha value is -0.413. The van der Waals surface area contributed by atoms with Crippen molar-refractivity contribution in [1.29, 1.82) is 0 Å². The zero-order valence-electron chi connectivity index (χ0n) is 9.96. The lowest BCUT2D eigenvalue weighted by Crippen LogP contribution is -2.41. The van der Waals surface area contributed by atoms with Crippen LogP contribution in [0.5, 0.6) is 0 Å². The molecule has 0 aliphatic heterocycles. The van der Waals surface area contributed by atoms with Crippen LogP contribution in [0.25, 0.3) is 0 Å². The topological polar surface area (TPSA) is 26.3 Å². The first-order chi connectivity index (χ1) is 6.23. The van der Waals surface area contributed by atoms with Gasteiger partial charge in [0.15, 0.2) is 8.32 Å². The third-order valence-corrected chi connectivity index (χ3v) is 3.01. The van der Waals surface area contributed by atoms with E-state index in [1.807, 2.05) is 19.9 Å². The van der Waals surface area contributed by atoms with Crippen LogP contribution in [0.3, 0.4) is 0 Å². The molecule has 0 spiro atoms. The molecule has 82 valence electrons. The molecule has 1 atom stereocenters. The van der Waals surface area contributed by atoms with Gasteiger partial charge >= 0.3 is 0 Å². The van der Waals surface area contributed by atoms with E-state index in [4.69, 9.17) is 4.43 Å². The molecule has 0 aromatic heterocycles. The van der Waals surface area contributed by atoms with Gasteiger partial charge in [0, 0.05) is 5.41 Å². The zero-order chi connectivity index (χ0) is 11.4. The monoisotopic (exact) mass is 214 g/mol. The molecule has 0 aliphatic carbocycles. The summed E-state index contributed by atoms with van der Waals surface area (Å²) >= 11 is 0. The number of hydrogen-bond acceptors (Lipinski definition) is 2. The average Bonchev–Trinajstić information content (AvgIpc) is 1.98. The minimum Gasteiger partial charge on any atom is -0.407 e. The van der Waals surface area contributed by atoms with E-state index in [-0.39, 0.29) is 11.5 Å². The summed E-state index contributed by atoms with van der Waals surface area (Å²) in [6.45, 7) is 14.0. The molecule has 0 radical (unpaired) electrons. The van der Waals surface area contributed by atoms with Gasteiger partial charge in [0.25, 0.3) is 0 Å². The number of allylic oxidation sites excluding steroid dienone is 1. The smallest absolute Gasteiger partial charge is 0.184 e. The summed E-state index contributed by atoms with van der Waals surface area (Å²) in [5, 5.41) is 0. The molecular weight excluding hydrogens is 192 g/mol. The van der Waals surface area contributed by atoms with Crippen molar-refractivity contribution in [1.82, 2.24) is 0 Å². The average molecular weight is 214 g/mol. The van der Waals surface area contributed by atoms with E-state index in [1.165, 1.54) is 0 Å².